The molecule has 0 amide bonds. The zero-order valence-electron chi connectivity index (χ0n) is 6.32. The quantitative estimate of drug-likeness (QED) is 0.595. The van der Waals surface area contributed by atoms with Crippen molar-refractivity contribution in [2.24, 2.45) is 0 Å². The molecule has 11 heavy (non-hydrogen) atoms. The van der Waals surface area contributed by atoms with Gasteiger partial charge in [-0.3, -0.25) is 0 Å². The van der Waals surface area contributed by atoms with Crippen LogP contribution in [0.1, 0.15) is 12.8 Å². The van der Waals surface area contributed by atoms with Crippen molar-refractivity contribution in [3.8, 4) is 0 Å². The van der Waals surface area contributed by atoms with E-state index in [-0.39, 0.29) is 5.75 Å². The highest BCUT2D eigenvalue weighted by atomic mass is 32.2. The van der Waals surface area contributed by atoms with Gasteiger partial charge in [0.15, 0.2) is 15.3 Å². The Bertz CT molecular complexity index is 230. The Labute approximate surface area is 67.0 Å². The van der Waals surface area contributed by atoms with Gasteiger partial charge in [0.1, 0.15) is 0 Å². The molecule has 0 bridgehead atoms. The molecule has 0 radical (unpaired) electrons. The van der Waals surface area contributed by atoms with Gasteiger partial charge in [-0.25, -0.2) is 8.42 Å². The van der Waals surface area contributed by atoms with E-state index in [4.69, 9.17) is 4.74 Å². The van der Waals surface area contributed by atoms with Crippen LogP contribution in [0.3, 0.4) is 0 Å². The molecular formula is C7H12O3S. The summed E-state index contributed by atoms with van der Waals surface area (Å²) in [6.07, 6.45) is 2.92. The second kappa shape index (κ2) is 3.36. The fourth-order valence-electron chi connectivity index (χ4n) is 1.12. The number of ether oxygens (including phenoxy) is 1. The van der Waals surface area contributed by atoms with Gasteiger partial charge in [-0.2, -0.15) is 0 Å². The summed E-state index contributed by atoms with van der Waals surface area (Å²) in [5, 5.41) is 0. The summed E-state index contributed by atoms with van der Waals surface area (Å²) >= 11 is 0. The van der Waals surface area contributed by atoms with Crippen molar-refractivity contribution in [1.29, 1.82) is 0 Å². The highest BCUT2D eigenvalue weighted by Crippen LogP contribution is 2.20. The van der Waals surface area contributed by atoms with E-state index >= 15 is 0 Å². The fourth-order valence-corrected chi connectivity index (χ4v) is 2.77. The first-order chi connectivity index (χ1) is 5.17. The van der Waals surface area contributed by atoms with Crippen LogP contribution in [-0.2, 0) is 14.6 Å². The van der Waals surface area contributed by atoms with Crippen LogP contribution in [0.15, 0.2) is 12.7 Å². The minimum atomic E-state index is -2.93. The Hall–Kier alpha value is -0.350. The van der Waals surface area contributed by atoms with Crippen molar-refractivity contribution in [3.05, 3.63) is 12.7 Å². The van der Waals surface area contributed by atoms with Gasteiger partial charge in [-0.05, 0) is 12.8 Å². The molecule has 1 saturated heterocycles. The number of hydrogen-bond donors (Lipinski definition) is 0. The van der Waals surface area contributed by atoms with E-state index in [2.05, 4.69) is 6.58 Å². The standard InChI is InChI=1S/C7H12O3S/c1-2-5-10-7-4-3-6-11(7,8)9/h2,7H,1,3-6H2. The second-order valence-corrected chi connectivity index (χ2v) is 4.82. The van der Waals surface area contributed by atoms with Crippen molar-refractivity contribution in [1.82, 2.24) is 0 Å². The fraction of sp³-hybridized carbons (Fsp3) is 0.714. The molecule has 1 atom stereocenters. The number of hydrogen-bond acceptors (Lipinski definition) is 3. The number of sulfone groups is 1. The molecule has 0 saturated carbocycles. The lowest BCUT2D eigenvalue weighted by molar-refractivity contribution is 0.130. The Balaban J connectivity index is 2.52. The van der Waals surface area contributed by atoms with Gasteiger partial charge in [0.05, 0.1) is 12.4 Å². The topological polar surface area (TPSA) is 43.4 Å². The average Bonchev–Trinajstić information content (AvgIpc) is 2.25. The summed E-state index contributed by atoms with van der Waals surface area (Å²) in [4.78, 5) is 0. The summed E-state index contributed by atoms with van der Waals surface area (Å²) in [5.74, 6) is 0.273. The zero-order chi connectivity index (χ0) is 8.32. The lowest BCUT2D eigenvalue weighted by Gasteiger charge is -2.07. The summed E-state index contributed by atoms with van der Waals surface area (Å²) in [5.41, 5.74) is -0.569. The maximum absolute atomic E-state index is 11.1. The molecule has 1 aliphatic rings. The monoisotopic (exact) mass is 176 g/mol. The molecule has 0 aromatic rings. The highest BCUT2D eigenvalue weighted by molar-refractivity contribution is 7.92. The second-order valence-electron chi connectivity index (χ2n) is 2.56. The van der Waals surface area contributed by atoms with Gasteiger partial charge >= 0.3 is 0 Å². The molecule has 3 nitrogen and oxygen atoms in total. The third kappa shape index (κ3) is 2.04. The molecule has 0 spiro atoms. The third-order valence-electron chi connectivity index (χ3n) is 1.67. The van der Waals surface area contributed by atoms with Gasteiger partial charge in [0, 0.05) is 0 Å². The van der Waals surface area contributed by atoms with E-state index < -0.39 is 15.3 Å². The molecule has 0 aromatic heterocycles. The molecule has 0 N–H and O–H groups in total. The Morgan fingerprint density at radius 1 is 1.64 bits per heavy atom. The van der Waals surface area contributed by atoms with Crippen molar-refractivity contribution in [3.63, 3.8) is 0 Å². The van der Waals surface area contributed by atoms with Crippen molar-refractivity contribution in [2.75, 3.05) is 12.4 Å². The van der Waals surface area contributed by atoms with Crippen molar-refractivity contribution in [2.45, 2.75) is 18.3 Å². The molecule has 0 aliphatic carbocycles. The average molecular weight is 176 g/mol. The highest BCUT2D eigenvalue weighted by Gasteiger charge is 2.31. The Kier molecular flexibility index (Phi) is 2.67. The van der Waals surface area contributed by atoms with Crippen LogP contribution >= 0.6 is 0 Å². The molecule has 1 heterocycles. The molecule has 1 rings (SSSR count). The van der Waals surface area contributed by atoms with Gasteiger partial charge in [0.2, 0.25) is 0 Å². The molecule has 1 unspecified atom stereocenters. The van der Waals surface area contributed by atoms with Crippen LogP contribution < -0.4 is 0 Å². The summed E-state index contributed by atoms with van der Waals surface area (Å²) in [6, 6.07) is 0. The largest absolute Gasteiger partial charge is 0.358 e. The SMILES string of the molecule is C=CCOC1CCCS1(=O)=O. The van der Waals surface area contributed by atoms with Crippen LogP contribution in [0.5, 0.6) is 0 Å². The van der Waals surface area contributed by atoms with E-state index in [0.717, 1.165) is 6.42 Å². The molecule has 64 valence electrons. The summed E-state index contributed by atoms with van der Waals surface area (Å²) in [7, 11) is -2.93. The molecule has 4 heteroatoms. The van der Waals surface area contributed by atoms with Crippen LogP contribution in [0.4, 0.5) is 0 Å². The van der Waals surface area contributed by atoms with E-state index in [1.807, 2.05) is 0 Å². The van der Waals surface area contributed by atoms with Gasteiger partial charge in [0.25, 0.3) is 0 Å². The normalized spacial score (nSPS) is 28.5. The molecule has 1 fully saturated rings. The lowest BCUT2D eigenvalue weighted by Crippen LogP contribution is -2.19. The zero-order valence-corrected chi connectivity index (χ0v) is 7.14. The molecular weight excluding hydrogens is 164 g/mol. The Morgan fingerprint density at radius 2 is 2.36 bits per heavy atom. The first kappa shape index (κ1) is 8.74. The predicted molar refractivity (Wildman–Crippen MR) is 43.0 cm³/mol. The van der Waals surface area contributed by atoms with E-state index in [1.165, 1.54) is 0 Å². The summed E-state index contributed by atoms with van der Waals surface area (Å²) < 4.78 is 27.3. The van der Waals surface area contributed by atoms with Crippen LogP contribution in [0.2, 0.25) is 0 Å². The third-order valence-corrected chi connectivity index (χ3v) is 3.70. The minimum Gasteiger partial charge on any atom is -0.358 e. The molecule has 0 aromatic carbocycles. The van der Waals surface area contributed by atoms with Gasteiger partial charge < -0.3 is 4.74 Å². The maximum Gasteiger partial charge on any atom is 0.177 e. The maximum atomic E-state index is 11.1. The van der Waals surface area contributed by atoms with Crippen molar-refractivity contribution >= 4 is 9.84 Å². The summed E-state index contributed by atoms with van der Waals surface area (Å²) in [6.45, 7) is 3.77. The minimum absolute atomic E-state index is 0.273. The molecule has 1 aliphatic heterocycles. The van der Waals surface area contributed by atoms with Crippen molar-refractivity contribution < 1.29 is 13.2 Å². The smallest absolute Gasteiger partial charge is 0.177 e. The Morgan fingerprint density at radius 3 is 2.82 bits per heavy atom. The van der Waals surface area contributed by atoms with Gasteiger partial charge in [-0.1, -0.05) is 6.08 Å². The number of rotatable bonds is 3. The lowest BCUT2D eigenvalue weighted by atomic mass is 10.4. The van der Waals surface area contributed by atoms with Crippen LogP contribution in [0, 0.1) is 0 Å². The van der Waals surface area contributed by atoms with Crippen LogP contribution in [-0.4, -0.2) is 26.2 Å². The first-order valence-electron chi connectivity index (χ1n) is 3.61. The first-order valence-corrected chi connectivity index (χ1v) is 5.32. The van der Waals surface area contributed by atoms with E-state index in [0.29, 0.717) is 13.0 Å². The van der Waals surface area contributed by atoms with Crippen LogP contribution in [0.25, 0.3) is 0 Å². The van der Waals surface area contributed by atoms with E-state index in [9.17, 15) is 8.42 Å². The van der Waals surface area contributed by atoms with E-state index in [1.54, 1.807) is 6.08 Å². The van der Waals surface area contributed by atoms with Gasteiger partial charge in [-0.15, -0.1) is 6.58 Å². The predicted octanol–water partition coefficient (Wildman–Crippen LogP) is 0.724.